The average Bonchev–Trinajstić information content (AvgIpc) is 2.67. The number of hydrogen-bond acceptors (Lipinski definition) is 8. The summed E-state index contributed by atoms with van der Waals surface area (Å²) in [6.07, 6.45) is -1.63. The smallest absolute Gasteiger partial charge is 0.326 e. The Bertz CT molecular complexity index is 786. The minimum absolute atomic E-state index is 0.0588. The Labute approximate surface area is 189 Å². The molecule has 186 valence electrons. The number of carboxylic acid groups (broad SMARTS) is 1. The van der Waals surface area contributed by atoms with Crippen LogP contribution in [-0.4, -0.2) is 70.7 Å². The molecule has 0 fully saturated rings. The van der Waals surface area contributed by atoms with Gasteiger partial charge in [-0.25, -0.2) is 4.79 Å². The fourth-order valence-corrected chi connectivity index (χ4v) is 2.57. The summed E-state index contributed by atoms with van der Waals surface area (Å²) in [6.45, 7) is 3.16. The van der Waals surface area contributed by atoms with Crippen LogP contribution >= 0.6 is 0 Å². The zero-order chi connectivity index (χ0) is 25.9. The number of carboxylic acids is 1. The van der Waals surface area contributed by atoms with Crippen molar-refractivity contribution in [3.05, 3.63) is 0 Å². The van der Waals surface area contributed by atoms with Crippen molar-refractivity contribution in [1.29, 1.82) is 0 Å². The highest BCUT2D eigenvalue weighted by molar-refractivity contribution is 5.96. The van der Waals surface area contributed by atoms with E-state index >= 15 is 0 Å². The number of hydrogen-bond donors (Lipinski definition) is 8. The van der Waals surface area contributed by atoms with Crippen molar-refractivity contribution < 1.29 is 38.7 Å². The monoisotopic (exact) mass is 473 g/mol. The van der Waals surface area contributed by atoms with E-state index in [0.29, 0.717) is 0 Å². The third-order valence-corrected chi connectivity index (χ3v) is 4.34. The van der Waals surface area contributed by atoms with E-state index in [4.69, 9.17) is 28.0 Å². The van der Waals surface area contributed by atoms with Crippen LogP contribution in [0.2, 0.25) is 0 Å². The summed E-state index contributed by atoms with van der Waals surface area (Å²) in [7, 11) is 0. The molecule has 0 rings (SSSR count). The maximum absolute atomic E-state index is 12.7. The molecule has 0 radical (unpaired) electrons. The lowest BCUT2D eigenvalue weighted by atomic mass is 10.0. The quantitative estimate of drug-likeness (QED) is 0.114. The van der Waals surface area contributed by atoms with Gasteiger partial charge in [0, 0.05) is 6.42 Å². The maximum atomic E-state index is 12.7. The third kappa shape index (κ3) is 11.4. The molecule has 0 saturated heterocycles. The standard InChI is InChI=1S/C18H31N7O8/c1-7(2)14(25-15(29)8(19)3-4-11(20)26)17(31)23-9(5-12(21)27)16(30)24-10(18(32)33)6-13(22)28/h7-10,14H,3-6,19H2,1-2H3,(H2,20,26)(H2,21,27)(H2,22,28)(H,23,31)(H,24,30)(H,25,29)(H,32,33). The van der Waals surface area contributed by atoms with Gasteiger partial charge in [0.1, 0.15) is 18.1 Å². The summed E-state index contributed by atoms with van der Waals surface area (Å²) in [6, 6.07) is -5.65. The topological polar surface area (TPSA) is 280 Å². The largest absolute Gasteiger partial charge is 0.480 e. The summed E-state index contributed by atoms with van der Waals surface area (Å²) in [5, 5.41) is 15.7. The van der Waals surface area contributed by atoms with Crippen LogP contribution in [0.15, 0.2) is 0 Å². The van der Waals surface area contributed by atoms with Gasteiger partial charge in [0.25, 0.3) is 0 Å². The number of nitrogens with two attached hydrogens (primary N) is 4. The Kier molecular flexibility index (Phi) is 12.1. The van der Waals surface area contributed by atoms with Gasteiger partial charge in [-0.3, -0.25) is 28.8 Å². The molecule has 4 unspecified atom stereocenters. The van der Waals surface area contributed by atoms with Gasteiger partial charge < -0.3 is 44.0 Å². The second kappa shape index (κ2) is 13.6. The molecule has 15 nitrogen and oxygen atoms in total. The van der Waals surface area contributed by atoms with Crippen molar-refractivity contribution in [2.75, 3.05) is 0 Å². The number of primary amides is 3. The number of carbonyl (C=O) groups excluding carboxylic acids is 6. The molecular formula is C18H31N7O8. The van der Waals surface area contributed by atoms with Crippen molar-refractivity contribution in [2.24, 2.45) is 28.9 Å². The van der Waals surface area contributed by atoms with E-state index in [1.165, 1.54) is 0 Å². The molecule has 0 aliphatic heterocycles. The number of rotatable bonds is 15. The fourth-order valence-electron chi connectivity index (χ4n) is 2.57. The SMILES string of the molecule is CC(C)C(NC(=O)C(N)CCC(N)=O)C(=O)NC(CC(N)=O)C(=O)NC(CC(N)=O)C(=O)O. The Morgan fingerprint density at radius 3 is 1.64 bits per heavy atom. The summed E-state index contributed by atoms with van der Waals surface area (Å²) >= 11 is 0. The molecule has 0 aliphatic rings. The van der Waals surface area contributed by atoms with Crippen LogP contribution in [0.5, 0.6) is 0 Å². The first-order valence-electron chi connectivity index (χ1n) is 9.90. The molecule has 0 heterocycles. The molecule has 6 amide bonds. The van der Waals surface area contributed by atoms with E-state index in [2.05, 4.69) is 10.6 Å². The predicted octanol–water partition coefficient (Wildman–Crippen LogP) is -4.48. The highest BCUT2D eigenvalue weighted by Crippen LogP contribution is 2.06. The fraction of sp³-hybridized carbons (Fsp3) is 0.611. The normalized spacial score (nSPS) is 14.3. The number of amides is 6. The molecule has 15 heteroatoms. The lowest BCUT2D eigenvalue weighted by molar-refractivity contribution is -0.144. The third-order valence-electron chi connectivity index (χ3n) is 4.34. The van der Waals surface area contributed by atoms with Crippen LogP contribution in [0.4, 0.5) is 0 Å². The van der Waals surface area contributed by atoms with Crippen molar-refractivity contribution in [3.63, 3.8) is 0 Å². The molecule has 0 bridgehead atoms. The maximum Gasteiger partial charge on any atom is 0.326 e. The predicted molar refractivity (Wildman–Crippen MR) is 112 cm³/mol. The van der Waals surface area contributed by atoms with E-state index in [0.717, 1.165) is 0 Å². The van der Waals surface area contributed by atoms with Crippen LogP contribution < -0.4 is 38.9 Å². The van der Waals surface area contributed by atoms with Crippen LogP contribution in [0.1, 0.15) is 39.5 Å². The van der Waals surface area contributed by atoms with Crippen molar-refractivity contribution in [3.8, 4) is 0 Å². The van der Waals surface area contributed by atoms with E-state index in [1.807, 2.05) is 5.32 Å². The van der Waals surface area contributed by atoms with Crippen molar-refractivity contribution in [1.82, 2.24) is 16.0 Å². The first-order valence-corrected chi connectivity index (χ1v) is 9.90. The first kappa shape index (κ1) is 29.2. The van der Waals surface area contributed by atoms with Gasteiger partial charge in [0.15, 0.2) is 0 Å². The average molecular weight is 473 g/mol. The number of nitrogens with one attached hydrogen (secondary N) is 3. The zero-order valence-corrected chi connectivity index (χ0v) is 18.3. The number of carbonyl (C=O) groups is 7. The highest BCUT2D eigenvalue weighted by atomic mass is 16.4. The Morgan fingerprint density at radius 1 is 0.727 bits per heavy atom. The lowest BCUT2D eigenvalue weighted by Gasteiger charge is -2.26. The first-order chi connectivity index (χ1) is 15.1. The van der Waals surface area contributed by atoms with Gasteiger partial charge in [-0.15, -0.1) is 0 Å². The van der Waals surface area contributed by atoms with Crippen LogP contribution in [-0.2, 0) is 33.6 Å². The van der Waals surface area contributed by atoms with E-state index in [-0.39, 0.29) is 12.8 Å². The molecule has 33 heavy (non-hydrogen) atoms. The zero-order valence-electron chi connectivity index (χ0n) is 18.3. The number of aliphatic carboxylic acids is 1. The molecule has 0 aromatic rings. The summed E-state index contributed by atoms with van der Waals surface area (Å²) in [5.41, 5.74) is 20.8. The van der Waals surface area contributed by atoms with Gasteiger partial charge in [-0.05, 0) is 12.3 Å². The molecule has 0 aromatic carbocycles. The second-order valence-corrected chi connectivity index (χ2v) is 7.64. The molecule has 0 saturated carbocycles. The van der Waals surface area contributed by atoms with Gasteiger partial charge in [-0.1, -0.05) is 13.8 Å². The highest BCUT2D eigenvalue weighted by Gasteiger charge is 2.32. The molecule has 0 aromatic heterocycles. The van der Waals surface area contributed by atoms with Gasteiger partial charge in [0.2, 0.25) is 35.4 Å². The summed E-state index contributed by atoms with van der Waals surface area (Å²) in [4.78, 5) is 81.9. The minimum Gasteiger partial charge on any atom is -0.480 e. The van der Waals surface area contributed by atoms with Gasteiger partial charge >= 0.3 is 5.97 Å². The van der Waals surface area contributed by atoms with Crippen molar-refractivity contribution >= 4 is 41.4 Å². The molecular weight excluding hydrogens is 442 g/mol. The summed E-state index contributed by atoms with van der Waals surface area (Å²) < 4.78 is 0. The van der Waals surface area contributed by atoms with Crippen LogP contribution in [0.3, 0.4) is 0 Å². The Hall–Kier alpha value is -3.75. The van der Waals surface area contributed by atoms with E-state index in [9.17, 15) is 33.6 Å². The van der Waals surface area contributed by atoms with E-state index < -0.39 is 84.3 Å². The lowest BCUT2D eigenvalue weighted by Crippen LogP contribution is -2.59. The Morgan fingerprint density at radius 2 is 1.21 bits per heavy atom. The van der Waals surface area contributed by atoms with E-state index in [1.54, 1.807) is 13.8 Å². The minimum atomic E-state index is -1.70. The second-order valence-electron chi connectivity index (χ2n) is 7.64. The molecule has 12 N–H and O–H groups in total. The molecule has 0 spiro atoms. The van der Waals surface area contributed by atoms with Gasteiger partial charge in [0.05, 0.1) is 18.9 Å². The summed E-state index contributed by atoms with van der Waals surface area (Å²) in [5.74, 6) is -7.48. The van der Waals surface area contributed by atoms with Crippen LogP contribution in [0.25, 0.3) is 0 Å². The van der Waals surface area contributed by atoms with Gasteiger partial charge in [-0.2, -0.15) is 0 Å². The van der Waals surface area contributed by atoms with Crippen LogP contribution in [0, 0.1) is 5.92 Å². The van der Waals surface area contributed by atoms with Crippen molar-refractivity contribution in [2.45, 2.75) is 63.7 Å². The Balaban J connectivity index is 5.44. The molecule has 4 atom stereocenters. The molecule has 0 aliphatic carbocycles.